The van der Waals surface area contributed by atoms with Crippen LogP contribution < -0.4 is 9.47 Å². The molecule has 116 valence electrons. The maximum Gasteiger partial charge on any atom is 0.161 e. The van der Waals surface area contributed by atoms with E-state index in [0.29, 0.717) is 31.9 Å². The van der Waals surface area contributed by atoms with Gasteiger partial charge in [0.2, 0.25) is 0 Å². The summed E-state index contributed by atoms with van der Waals surface area (Å²) >= 11 is 0. The predicted octanol–water partition coefficient (Wildman–Crippen LogP) is 3.37. The van der Waals surface area contributed by atoms with Crippen LogP contribution in [0.2, 0.25) is 0 Å². The molecule has 3 rings (SSSR count). The minimum Gasteiger partial charge on any atom is -0.486 e. The van der Waals surface area contributed by atoms with Gasteiger partial charge >= 0.3 is 0 Å². The van der Waals surface area contributed by atoms with Crippen LogP contribution in [0.15, 0.2) is 36.4 Å². The van der Waals surface area contributed by atoms with Gasteiger partial charge in [0.15, 0.2) is 11.5 Å². The van der Waals surface area contributed by atoms with E-state index in [9.17, 15) is 8.78 Å². The highest BCUT2D eigenvalue weighted by molar-refractivity contribution is 5.43. The molecule has 1 aliphatic heterocycles. The van der Waals surface area contributed by atoms with Gasteiger partial charge in [-0.25, -0.2) is 8.78 Å². The zero-order chi connectivity index (χ0) is 15.5. The zero-order valence-corrected chi connectivity index (χ0v) is 12.3. The van der Waals surface area contributed by atoms with Crippen LogP contribution in [0.25, 0.3) is 0 Å². The van der Waals surface area contributed by atoms with Crippen molar-refractivity contribution in [2.45, 2.75) is 13.1 Å². The number of fused-ring (bicyclic) bond motifs is 1. The van der Waals surface area contributed by atoms with Crippen LogP contribution in [0.3, 0.4) is 0 Å². The Morgan fingerprint density at radius 3 is 2.23 bits per heavy atom. The second kappa shape index (κ2) is 6.32. The summed E-state index contributed by atoms with van der Waals surface area (Å²) in [7, 11) is 1.90. The molecule has 2 aromatic rings. The Labute approximate surface area is 128 Å². The fraction of sp³-hybridized carbons (Fsp3) is 0.294. The lowest BCUT2D eigenvalue weighted by Crippen LogP contribution is -2.19. The maximum absolute atomic E-state index is 13.2. The van der Waals surface area contributed by atoms with Crippen molar-refractivity contribution in [3.8, 4) is 11.5 Å². The Hall–Kier alpha value is -2.14. The first-order valence-corrected chi connectivity index (χ1v) is 7.12. The third-order valence-corrected chi connectivity index (χ3v) is 3.43. The molecule has 5 heteroatoms. The van der Waals surface area contributed by atoms with Gasteiger partial charge in [-0.15, -0.1) is 0 Å². The molecule has 0 amide bonds. The fourth-order valence-electron chi connectivity index (χ4n) is 2.57. The molecule has 0 bridgehead atoms. The van der Waals surface area contributed by atoms with Crippen LogP contribution in [0.5, 0.6) is 11.5 Å². The Kier molecular flexibility index (Phi) is 4.24. The first kappa shape index (κ1) is 14.8. The van der Waals surface area contributed by atoms with Crippen LogP contribution in [0, 0.1) is 11.6 Å². The first-order chi connectivity index (χ1) is 10.6. The topological polar surface area (TPSA) is 21.7 Å². The number of halogens is 2. The molecular formula is C17H17F2NO2. The predicted molar refractivity (Wildman–Crippen MR) is 79.0 cm³/mol. The van der Waals surface area contributed by atoms with E-state index in [-0.39, 0.29) is 0 Å². The summed E-state index contributed by atoms with van der Waals surface area (Å²) in [5, 5.41) is 0. The van der Waals surface area contributed by atoms with Crippen molar-refractivity contribution >= 4 is 0 Å². The summed E-state index contributed by atoms with van der Waals surface area (Å²) in [6.45, 7) is 2.23. The lowest BCUT2D eigenvalue weighted by molar-refractivity contribution is 0.171. The second-order valence-electron chi connectivity index (χ2n) is 5.43. The van der Waals surface area contributed by atoms with Gasteiger partial charge in [0.1, 0.15) is 24.8 Å². The van der Waals surface area contributed by atoms with Crippen molar-refractivity contribution < 1.29 is 18.3 Å². The molecule has 2 aromatic carbocycles. The highest BCUT2D eigenvalue weighted by atomic mass is 19.1. The van der Waals surface area contributed by atoms with E-state index < -0.39 is 11.6 Å². The summed E-state index contributed by atoms with van der Waals surface area (Å²) in [5.74, 6) is 0.393. The Morgan fingerprint density at radius 2 is 1.50 bits per heavy atom. The summed E-state index contributed by atoms with van der Waals surface area (Å²) < 4.78 is 37.4. The monoisotopic (exact) mass is 305 g/mol. The van der Waals surface area contributed by atoms with E-state index in [1.54, 1.807) is 0 Å². The third-order valence-electron chi connectivity index (χ3n) is 3.43. The summed E-state index contributed by atoms with van der Waals surface area (Å²) in [6.07, 6.45) is 0. The number of nitrogens with zero attached hydrogens (tertiary/aromatic N) is 1. The van der Waals surface area contributed by atoms with Gasteiger partial charge in [-0.05, 0) is 42.4 Å². The minimum atomic E-state index is -0.553. The van der Waals surface area contributed by atoms with Crippen LogP contribution in [-0.2, 0) is 13.1 Å². The molecule has 22 heavy (non-hydrogen) atoms. The number of ether oxygens (including phenoxy) is 2. The molecular weight excluding hydrogens is 288 g/mol. The van der Waals surface area contributed by atoms with Crippen molar-refractivity contribution in [2.24, 2.45) is 0 Å². The number of benzene rings is 2. The lowest BCUT2D eigenvalue weighted by atomic mass is 10.1. The standard InChI is InChI=1S/C17H17F2NO2/c1-20(11-13-6-14(18)9-15(19)7-13)10-12-2-3-16-17(8-12)22-5-4-21-16/h2-3,6-9H,4-5,10-11H2,1H3. The Balaban J connectivity index is 1.67. The SMILES string of the molecule is CN(Cc1cc(F)cc(F)c1)Cc1ccc2c(c1)OCCO2. The van der Waals surface area contributed by atoms with Crippen LogP contribution in [0.4, 0.5) is 8.78 Å². The molecule has 0 aliphatic carbocycles. The smallest absolute Gasteiger partial charge is 0.161 e. The van der Waals surface area contributed by atoms with E-state index in [4.69, 9.17) is 9.47 Å². The molecule has 0 fully saturated rings. The molecule has 3 nitrogen and oxygen atoms in total. The molecule has 0 radical (unpaired) electrons. The van der Waals surface area contributed by atoms with Crippen molar-refractivity contribution in [2.75, 3.05) is 20.3 Å². The van der Waals surface area contributed by atoms with Gasteiger partial charge in [0.25, 0.3) is 0 Å². The molecule has 0 saturated heterocycles. The zero-order valence-electron chi connectivity index (χ0n) is 12.3. The molecule has 1 heterocycles. The second-order valence-corrected chi connectivity index (χ2v) is 5.43. The average molecular weight is 305 g/mol. The van der Waals surface area contributed by atoms with Crippen molar-refractivity contribution in [1.82, 2.24) is 4.90 Å². The highest BCUT2D eigenvalue weighted by Crippen LogP contribution is 2.31. The fourth-order valence-corrected chi connectivity index (χ4v) is 2.57. The molecule has 0 N–H and O–H groups in total. The highest BCUT2D eigenvalue weighted by Gasteiger charge is 2.12. The molecule has 0 unspecified atom stereocenters. The van der Waals surface area contributed by atoms with Crippen molar-refractivity contribution in [3.05, 3.63) is 59.2 Å². The van der Waals surface area contributed by atoms with Gasteiger partial charge in [0, 0.05) is 19.2 Å². The van der Waals surface area contributed by atoms with Gasteiger partial charge in [-0.2, -0.15) is 0 Å². The van der Waals surface area contributed by atoms with E-state index in [1.807, 2.05) is 30.1 Å². The molecule has 1 aliphatic rings. The van der Waals surface area contributed by atoms with Gasteiger partial charge in [-0.3, -0.25) is 4.90 Å². The quantitative estimate of drug-likeness (QED) is 0.864. The lowest BCUT2D eigenvalue weighted by Gasteiger charge is -2.21. The van der Waals surface area contributed by atoms with Gasteiger partial charge < -0.3 is 9.47 Å². The summed E-state index contributed by atoms with van der Waals surface area (Å²) in [4.78, 5) is 1.99. The third kappa shape index (κ3) is 3.54. The molecule has 0 saturated carbocycles. The van der Waals surface area contributed by atoms with Gasteiger partial charge in [-0.1, -0.05) is 6.07 Å². The van der Waals surface area contributed by atoms with Crippen LogP contribution in [0.1, 0.15) is 11.1 Å². The minimum absolute atomic E-state index is 0.461. The number of hydrogen-bond acceptors (Lipinski definition) is 3. The Bertz CT molecular complexity index is 655. The van der Waals surface area contributed by atoms with E-state index in [1.165, 1.54) is 12.1 Å². The van der Waals surface area contributed by atoms with E-state index in [0.717, 1.165) is 23.1 Å². The maximum atomic E-state index is 13.2. The largest absolute Gasteiger partial charge is 0.486 e. The van der Waals surface area contributed by atoms with E-state index >= 15 is 0 Å². The Morgan fingerprint density at radius 1 is 0.864 bits per heavy atom. The first-order valence-electron chi connectivity index (χ1n) is 7.12. The van der Waals surface area contributed by atoms with Gasteiger partial charge in [0.05, 0.1) is 0 Å². The van der Waals surface area contributed by atoms with Crippen LogP contribution in [-0.4, -0.2) is 25.2 Å². The number of hydrogen-bond donors (Lipinski definition) is 0. The summed E-state index contributed by atoms with van der Waals surface area (Å²) in [6, 6.07) is 9.38. The van der Waals surface area contributed by atoms with Crippen molar-refractivity contribution in [3.63, 3.8) is 0 Å². The van der Waals surface area contributed by atoms with Crippen LogP contribution >= 0.6 is 0 Å². The molecule has 0 aromatic heterocycles. The van der Waals surface area contributed by atoms with E-state index in [2.05, 4.69) is 0 Å². The normalized spacial score (nSPS) is 13.5. The summed E-state index contributed by atoms with van der Waals surface area (Å²) in [5.41, 5.74) is 1.67. The van der Waals surface area contributed by atoms with Crippen molar-refractivity contribution in [1.29, 1.82) is 0 Å². The molecule has 0 atom stereocenters. The molecule has 0 spiro atoms. The average Bonchev–Trinajstić information content (AvgIpc) is 2.45. The number of rotatable bonds is 4.